The van der Waals surface area contributed by atoms with Gasteiger partial charge >= 0.3 is 0 Å². The number of hydrogen-bond donors (Lipinski definition) is 1. The van der Waals surface area contributed by atoms with Crippen LogP contribution in [0, 0.1) is 5.92 Å². The van der Waals surface area contributed by atoms with Gasteiger partial charge in [-0.3, -0.25) is 19.3 Å². The number of nitrogens with zero attached hydrogens (tertiary/aromatic N) is 1. The number of hydrogen-bond acceptors (Lipinski definition) is 4. The Hall–Kier alpha value is -1.23. The largest absolute Gasteiger partial charge is 0.328 e. The first-order valence-corrected chi connectivity index (χ1v) is 6.55. The minimum Gasteiger partial charge on any atom is -0.328 e. The molecule has 0 saturated carbocycles. The van der Waals surface area contributed by atoms with Crippen LogP contribution in [-0.4, -0.2) is 35.1 Å². The van der Waals surface area contributed by atoms with Crippen LogP contribution < -0.4 is 5.73 Å². The van der Waals surface area contributed by atoms with Gasteiger partial charge in [-0.1, -0.05) is 34.6 Å². The second kappa shape index (κ2) is 9.76. The molecule has 2 unspecified atom stereocenters. The number of imide groups is 1. The van der Waals surface area contributed by atoms with Crippen molar-refractivity contribution in [2.75, 3.05) is 6.54 Å². The Morgan fingerprint density at radius 3 is 2.00 bits per heavy atom. The van der Waals surface area contributed by atoms with Crippen LogP contribution >= 0.6 is 0 Å². The molecule has 2 N–H and O–H groups in total. The molecule has 0 aliphatic carbocycles. The fourth-order valence-corrected chi connectivity index (χ4v) is 1.59. The van der Waals surface area contributed by atoms with E-state index in [0.29, 0.717) is 0 Å². The molecule has 0 spiro atoms. The van der Waals surface area contributed by atoms with Crippen LogP contribution in [0.15, 0.2) is 0 Å². The molecule has 2 atom stereocenters. The van der Waals surface area contributed by atoms with Crippen molar-refractivity contribution in [2.24, 2.45) is 11.7 Å². The van der Waals surface area contributed by atoms with Crippen LogP contribution in [0.1, 0.15) is 48.0 Å². The van der Waals surface area contributed by atoms with E-state index >= 15 is 0 Å². The molecule has 1 aliphatic rings. The molecule has 1 saturated heterocycles. The van der Waals surface area contributed by atoms with E-state index in [-0.39, 0.29) is 36.5 Å². The summed E-state index contributed by atoms with van der Waals surface area (Å²) in [4.78, 5) is 35.1. The maximum Gasteiger partial charge on any atom is 0.233 e. The smallest absolute Gasteiger partial charge is 0.233 e. The monoisotopic (exact) mass is 258 g/mol. The lowest BCUT2D eigenvalue weighted by atomic mass is 10.1. The van der Waals surface area contributed by atoms with Crippen molar-refractivity contribution in [3.8, 4) is 0 Å². The lowest BCUT2D eigenvalue weighted by molar-refractivity contribution is -0.145. The molecule has 106 valence electrons. The Bertz CT molecular complexity index is 290. The molecule has 1 heterocycles. The maximum atomic E-state index is 11.5. The van der Waals surface area contributed by atoms with Gasteiger partial charge in [0.25, 0.3) is 0 Å². The minimum atomic E-state index is -0.778. The third-order valence-corrected chi connectivity index (χ3v) is 2.41. The van der Waals surface area contributed by atoms with Gasteiger partial charge in [0, 0.05) is 18.9 Å². The molecule has 1 fully saturated rings. The fourth-order valence-electron chi connectivity index (χ4n) is 1.59. The van der Waals surface area contributed by atoms with Crippen LogP contribution in [-0.2, 0) is 14.4 Å². The molecule has 1 aliphatic heterocycles. The van der Waals surface area contributed by atoms with Crippen LogP contribution in [0.25, 0.3) is 0 Å². The van der Waals surface area contributed by atoms with Gasteiger partial charge in [0.15, 0.2) is 5.78 Å². The maximum absolute atomic E-state index is 11.5. The molecule has 0 aromatic rings. The highest BCUT2D eigenvalue weighted by Gasteiger charge is 2.40. The standard InChI is InChI=1S/C9H14N2O3.2C2H6/c1-5-3-8(13)11(9(5)14)7(4-10)6(2)12;2*1-2/h5,7H,3-4,10H2,1-2H3;2*1-2H3. The van der Waals surface area contributed by atoms with E-state index in [4.69, 9.17) is 5.73 Å². The predicted octanol–water partition coefficient (Wildman–Crippen LogP) is 1.35. The van der Waals surface area contributed by atoms with E-state index in [9.17, 15) is 14.4 Å². The zero-order valence-electron chi connectivity index (χ0n) is 12.3. The topological polar surface area (TPSA) is 80.5 Å². The summed E-state index contributed by atoms with van der Waals surface area (Å²) < 4.78 is 0. The van der Waals surface area contributed by atoms with Crippen molar-refractivity contribution >= 4 is 17.6 Å². The highest BCUT2D eigenvalue weighted by molar-refractivity contribution is 6.06. The van der Waals surface area contributed by atoms with Crippen LogP contribution in [0.2, 0.25) is 0 Å². The number of Topliss-reactive ketones (excluding diaryl/α,β-unsaturated/α-hetero) is 1. The van der Waals surface area contributed by atoms with Crippen molar-refractivity contribution in [1.82, 2.24) is 4.90 Å². The number of nitrogens with two attached hydrogens (primary N) is 1. The van der Waals surface area contributed by atoms with Gasteiger partial charge < -0.3 is 5.73 Å². The SMILES string of the molecule is CC.CC.CC(=O)C(CN)N1C(=O)CC(C)C1=O. The Morgan fingerprint density at radius 2 is 1.78 bits per heavy atom. The molecule has 5 heteroatoms. The van der Waals surface area contributed by atoms with Gasteiger partial charge in [0.05, 0.1) is 0 Å². The lowest BCUT2D eigenvalue weighted by Crippen LogP contribution is -2.48. The minimum absolute atomic E-state index is 0.000463. The van der Waals surface area contributed by atoms with Crippen molar-refractivity contribution in [3.05, 3.63) is 0 Å². The van der Waals surface area contributed by atoms with Gasteiger partial charge in [0.2, 0.25) is 11.8 Å². The Morgan fingerprint density at radius 1 is 1.33 bits per heavy atom. The number of likely N-dealkylation sites (tertiary alicyclic amines) is 1. The van der Waals surface area contributed by atoms with E-state index in [2.05, 4.69) is 0 Å². The van der Waals surface area contributed by atoms with E-state index in [0.717, 1.165) is 4.90 Å². The molecule has 2 amide bonds. The zero-order valence-corrected chi connectivity index (χ0v) is 12.3. The Labute approximate surface area is 110 Å². The summed E-state index contributed by atoms with van der Waals surface area (Å²) in [6.45, 7) is 11.0. The molecular formula is C13H26N2O3. The van der Waals surface area contributed by atoms with Crippen molar-refractivity contribution in [2.45, 2.75) is 54.0 Å². The summed E-state index contributed by atoms with van der Waals surface area (Å²) in [5.41, 5.74) is 5.36. The number of rotatable bonds is 3. The van der Waals surface area contributed by atoms with E-state index in [1.165, 1.54) is 6.92 Å². The fraction of sp³-hybridized carbons (Fsp3) is 0.769. The van der Waals surface area contributed by atoms with Crippen molar-refractivity contribution < 1.29 is 14.4 Å². The van der Waals surface area contributed by atoms with E-state index < -0.39 is 6.04 Å². The summed E-state index contributed by atoms with van der Waals surface area (Å²) >= 11 is 0. The summed E-state index contributed by atoms with van der Waals surface area (Å²) in [6, 6.07) is -0.778. The van der Waals surface area contributed by atoms with Crippen LogP contribution in [0.4, 0.5) is 0 Å². The molecular weight excluding hydrogens is 232 g/mol. The first-order chi connectivity index (χ1) is 8.49. The average molecular weight is 258 g/mol. The Kier molecular flexibility index (Phi) is 10.4. The highest BCUT2D eigenvalue weighted by atomic mass is 16.2. The summed E-state index contributed by atoms with van der Waals surface area (Å²) in [7, 11) is 0. The summed E-state index contributed by atoms with van der Waals surface area (Å²) in [5.74, 6) is -1.16. The Balaban J connectivity index is 0. The number of ketones is 1. The zero-order chi connectivity index (χ0) is 14.9. The van der Waals surface area contributed by atoms with Crippen LogP contribution in [0.3, 0.4) is 0 Å². The second-order valence-corrected chi connectivity index (χ2v) is 3.57. The third kappa shape index (κ3) is 4.56. The average Bonchev–Trinajstić information content (AvgIpc) is 2.61. The molecule has 18 heavy (non-hydrogen) atoms. The van der Waals surface area contributed by atoms with Crippen molar-refractivity contribution in [1.29, 1.82) is 0 Å². The molecule has 1 rings (SSSR count). The summed E-state index contributed by atoms with van der Waals surface area (Å²) in [6.07, 6.45) is 0.183. The summed E-state index contributed by atoms with van der Waals surface area (Å²) in [5, 5.41) is 0. The molecule has 0 aromatic heterocycles. The van der Waals surface area contributed by atoms with Gasteiger partial charge in [-0.25, -0.2) is 0 Å². The molecule has 0 radical (unpaired) electrons. The van der Waals surface area contributed by atoms with E-state index in [1.54, 1.807) is 6.92 Å². The molecule has 5 nitrogen and oxygen atoms in total. The first-order valence-electron chi connectivity index (χ1n) is 6.55. The van der Waals surface area contributed by atoms with Crippen molar-refractivity contribution in [3.63, 3.8) is 0 Å². The second-order valence-electron chi connectivity index (χ2n) is 3.57. The molecule has 0 bridgehead atoms. The first kappa shape index (κ1) is 19.1. The van der Waals surface area contributed by atoms with Gasteiger partial charge in [-0.2, -0.15) is 0 Å². The van der Waals surface area contributed by atoms with E-state index in [1.807, 2.05) is 27.7 Å². The number of amides is 2. The van der Waals surface area contributed by atoms with Gasteiger partial charge in [-0.15, -0.1) is 0 Å². The molecule has 0 aromatic carbocycles. The van der Waals surface area contributed by atoms with Gasteiger partial charge in [0.1, 0.15) is 6.04 Å². The van der Waals surface area contributed by atoms with Crippen LogP contribution in [0.5, 0.6) is 0 Å². The normalized spacial score (nSPS) is 19.5. The van der Waals surface area contributed by atoms with Gasteiger partial charge in [-0.05, 0) is 6.92 Å². The number of carbonyl (C=O) groups excluding carboxylic acids is 3. The predicted molar refractivity (Wildman–Crippen MR) is 71.9 cm³/mol. The third-order valence-electron chi connectivity index (χ3n) is 2.41. The quantitative estimate of drug-likeness (QED) is 0.775. The number of carbonyl (C=O) groups is 3. The lowest BCUT2D eigenvalue weighted by Gasteiger charge is -2.22. The highest BCUT2D eigenvalue weighted by Crippen LogP contribution is 2.21.